The van der Waals surface area contributed by atoms with E-state index in [-0.39, 0.29) is 40.1 Å². The Balaban J connectivity index is 1.87. The number of carbonyl (C=O) groups excluding carboxylic acids is 2. The highest BCUT2D eigenvalue weighted by atomic mass is 127. The summed E-state index contributed by atoms with van der Waals surface area (Å²) in [6, 6.07) is 14.9. The van der Waals surface area contributed by atoms with Gasteiger partial charge in [0.2, 0.25) is 0 Å². The van der Waals surface area contributed by atoms with Crippen molar-refractivity contribution in [3.63, 3.8) is 0 Å². The Hall–Kier alpha value is -4.15. The number of benzene rings is 3. The highest BCUT2D eigenvalue weighted by Gasteiger charge is 2.19. The zero-order chi connectivity index (χ0) is 27.8. The molecule has 0 aliphatic carbocycles. The van der Waals surface area contributed by atoms with Gasteiger partial charge in [0, 0.05) is 12.1 Å². The lowest BCUT2D eigenvalue weighted by molar-refractivity contribution is -0.384. The van der Waals surface area contributed by atoms with Crippen molar-refractivity contribution in [3.05, 3.63) is 90.0 Å². The van der Waals surface area contributed by atoms with Gasteiger partial charge in [-0.2, -0.15) is 5.26 Å². The number of esters is 1. The molecule has 1 N–H and O–H groups in total. The molecule has 0 bridgehead atoms. The zero-order valence-electron chi connectivity index (χ0n) is 20.0. The van der Waals surface area contributed by atoms with Crippen LogP contribution in [0.5, 0.6) is 17.2 Å². The lowest BCUT2D eigenvalue weighted by Gasteiger charge is -2.14. The Morgan fingerprint density at radius 1 is 1.18 bits per heavy atom. The summed E-state index contributed by atoms with van der Waals surface area (Å²) in [5.41, 5.74) is 0.342. The SMILES string of the molecule is CCOc1cc(/C=C(/C#N)C(=O)Nc2ccc([N+](=O)[O-])cc2Cl)cc(I)c1OC(=O)c1ccc(OC)cc1. The van der Waals surface area contributed by atoms with Crippen molar-refractivity contribution in [3.8, 4) is 23.3 Å². The first kappa shape index (κ1) is 28.4. The monoisotopic (exact) mass is 647 g/mol. The topological polar surface area (TPSA) is 141 Å². The minimum Gasteiger partial charge on any atom is -0.497 e. The molecule has 0 radical (unpaired) electrons. The van der Waals surface area contributed by atoms with Crippen LogP contribution in [0.25, 0.3) is 6.08 Å². The number of methoxy groups -OCH3 is 1. The van der Waals surface area contributed by atoms with E-state index in [2.05, 4.69) is 5.32 Å². The van der Waals surface area contributed by atoms with Gasteiger partial charge in [-0.15, -0.1) is 0 Å². The van der Waals surface area contributed by atoms with Crippen LogP contribution in [0.15, 0.2) is 60.2 Å². The van der Waals surface area contributed by atoms with Gasteiger partial charge in [0.05, 0.1) is 38.5 Å². The van der Waals surface area contributed by atoms with E-state index < -0.39 is 16.8 Å². The number of nitrogens with zero attached hydrogens (tertiary/aromatic N) is 2. The molecule has 3 aromatic rings. The molecule has 3 aromatic carbocycles. The number of amides is 1. The zero-order valence-corrected chi connectivity index (χ0v) is 22.9. The molecule has 0 saturated carbocycles. The molecule has 0 aromatic heterocycles. The minimum absolute atomic E-state index is 0.0546. The second kappa shape index (κ2) is 12.9. The van der Waals surface area contributed by atoms with Gasteiger partial charge in [0.1, 0.15) is 17.4 Å². The Bertz CT molecular complexity index is 1470. The van der Waals surface area contributed by atoms with E-state index in [0.29, 0.717) is 20.4 Å². The van der Waals surface area contributed by atoms with Crippen molar-refractivity contribution in [2.45, 2.75) is 6.92 Å². The lowest BCUT2D eigenvalue weighted by atomic mass is 10.1. The number of anilines is 1. The first-order valence-corrected chi connectivity index (χ1v) is 12.3. The molecule has 0 atom stereocenters. The summed E-state index contributed by atoms with van der Waals surface area (Å²) < 4.78 is 16.9. The summed E-state index contributed by atoms with van der Waals surface area (Å²) >= 11 is 7.99. The predicted molar refractivity (Wildman–Crippen MR) is 149 cm³/mol. The molecule has 3 rings (SSSR count). The van der Waals surface area contributed by atoms with E-state index in [9.17, 15) is 25.0 Å². The van der Waals surface area contributed by atoms with Gasteiger partial charge in [0.25, 0.3) is 11.6 Å². The van der Waals surface area contributed by atoms with Crippen LogP contribution >= 0.6 is 34.2 Å². The molecule has 0 unspecified atom stereocenters. The van der Waals surface area contributed by atoms with Gasteiger partial charge in [-0.3, -0.25) is 14.9 Å². The van der Waals surface area contributed by atoms with Crippen LogP contribution in [-0.2, 0) is 4.79 Å². The number of nitrogens with one attached hydrogen (secondary N) is 1. The van der Waals surface area contributed by atoms with Crippen LogP contribution in [0.4, 0.5) is 11.4 Å². The maximum absolute atomic E-state index is 12.7. The van der Waals surface area contributed by atoms with E-state index in [1.54, 1.807) is 37.3 Å². The molecule has 0 aliphatic heterocycles. The fourth-order valence-electron chi connectivity index (χ4n) is 3.14. The number of nitro benzene ring substituents is 1. The molecule has 0 fully saturated rings. The highest BCUT2D eigenvalue weighted by Crippen LogP contribution is 2.36. The third-order valence-corrected chi connectivity index (χ3v) is 6.05. The molecule has 12 heteroatoms. The number of nitriles is 1. The molecule has 194 valence electrons. The standard InChI is InChI=1S/C26H19ClIN3O7/c1-3-37-23-12-15(11-21(28)24(23)38-26(33)16-4-7-19(36-2)8-5-16)10-17(14-29)25(32)30-22-9-6-18(31(34)35)13-20(22)27/h4-13H,3H2,1-2H3,(H,30,32)/b17-10-. The van der Waals surface area contributed by atoms with E-state index in [4.69, 9.17) is 25.8 Å². The van der Waals surface area contributed by atoms with E-state index in [1.165, 1.54) is 31.4 Å². The number of carbonyl (C=O) groups is 2. The van der Waals surface area contributed by atoms with Gasteiger partial charge >= 0.3 is 5.97 Å². The van der Waals surface area contributed by atoms with E-state index >= 15 is 0 Å². The summed E-state index contributed by atoms with van der Waals surface area (Å²) in [4.78, 5) is 35.7. The van der Waals surface area contributed by atoms with Crippen molar-refractivity contribution >= 4 is 63.5 Å². The Kier molecular flexibility index (Phi) is 9.64. The highest BCUT2D eigenvalue weighted by molar-refractivity contribution is 14.1. The van der Waals surface area contributed by atoms with E-state index in [1.807, 2.05) is 28.7 Å². The molecule has 1 amide bonds. The summed E-state index contributed by atoms with van der Waals surface area (Å²) in [6.07, 6.45) is 1.33. The average molecular weight is 648 g/mol. The number of hydrogen-bond donors (Lipinski definition) is 1. The largest absolute Gasteiger partial charge is 0.497 e. The average Bonchev–Trinajstić information content (AvgIpc) is 2.90. The maximum Gasteiger partial charge on any atom is 0.343 e. The summed E-state index contributed by atoms with van der Waals surface area (Å²) in [5.74, 6) is -0.358. The van der Waals surface area contributed by atoms with Crippen molar-refractivity contribution in [2.24, 2.45) is 0 Å². The van der Waals surface area contributed by atoms with Crippen LogP contribution in [0.3, 0.4) is 0 Å². The van der Waals surface area contributed by atoms with Crippen LogP contribution < -0.4 is 19.5 Å². The molecular weight excluding hydrogens is 629 g/mol. The molecule has 0 saturated heterocycles. The smallest absolute Gasteiger partial charge is 0.343 e. The quantitative estimate of drug-likeness (QED) is 0.0565. The fraction of sp³-hybridized carbons (Fsp3) is 0.115. The molecule has 38 heavy (non-hydrogen) atoms. The second-order valence-electron chi connectivity index (χ2n) is 7.43. The van der Waals surface area contributed by atoms with Gasteiger partial charge in [-0.25, -0.2) is 4.79 Å². The Morgan fingerprint density at radius 2 is 1.89 bits per heavy atom. The van der Waals surface area contributed by atoms with Crippen LogP contribution in [0.2, 0.25) is 5.02 Å². The predicted octanol–water partition coefficient (Wildman–Crippen LogP) is 6.02. The van der Waals surface area contributed by atoms with Gasteiger partial charge < -0.3 is 19.5 Å². The normalized spacial score (nSPS) is 10.8. The van der Waals surface area contributed by atoms with Crippen LogP contribution in [0, 0.1) is 25.0 Å². The number of halogens is 2. The number of nitro groups is 1. The fourth-order valence-corrected chi connectivity index (χ4v) is 4.09. The van der Waals surface area contributed by atoms with Crippen LogP contribution in [-0.4, -0.2) is 30.5 Å². The summed E-state index contributed by atoms with van der Waals surface area (Å²) in [7, 11) is 1.52. The van der Waals surface area contributed by atoms with Gasteiger partial charge in [0.15, 0.2) is 11.5 Å². The van der Waals surface area contributed by atoms with Crippen LogP contribution in [0.1, 0.15) is 22.8 Å². The number of ether oxygens (including phenoxy) is 3. The van der Waals surface area contributed by atoms with Gasteiger partial charge in [-0.1, -0.05) is 11.6 Å². The number of hydrogen-bond acceptors (Lipinski definition) is 8. The molecule has 0 aliphatic rings. The van der Waals surface area contributed by atoms with Gasteiger partial charge in [-0.05, 0) is 83.6 Å². The first-order chi connectivity index (χ1) is 18.2. The lowest BCUT2D eigenvalue weighted by Crippen LogP contribution is -2.14. The van der Waals surface area contributed by atoms with E-state index in [0.717, 1.165) is 6.07 Å². The third-order valence-electron chi connectivity index (χ3n) is 4.94. The Morgan fingerprint density at radius 3 is 2.47 bits per heavy atom. The third kappa shape index (κ3) is 6.99. The van der Waals surface area contributed by atoms with Crippen molar-refractivity contribution in [1.29, 1.82) is 5.26 Å². The molecular formula is C26H19ClIN3O7. The second-order valence-corrected chi connectivity index (χ2v) is 9.00. The maximum atomic E-state index is 12.7. The van der Waals surface area contributed by atoms with Crippen molar-refractivity contribution in [2.75, 3.05) is 19.0 Å². The molecule has 10 nitrogen and oxygen atoms in total. The van der Waals surface area contributed by atoms with Crippen molar-refractivity contribution < 1.29 is 28.7 Å². The molecule has 0 heterocycles. The summed E-state index contributed by atoms with van der Waals surface area (Å²) in [6.45, 7) is 2.02. The minimum atomic E-state index is -0.772. The van der Waals surface area contributed by atoms with Crippen molar-refractivity contribution in [1.82, 2.24) is 0 Å². The number of non-ortho nitro benzene ring substituents is 1. The molecule has 0 spiro atoms. The Labute approximate surface area is 236 Å². The summed E-state index contributed by atoms with van der Waals surface area (Å²) in [5, 5.41) is 22.9. The number of rotatable bonds is 9. The first-order valence-electron chi connectivity index (χ1n) is 10.9.